The Balaban J connectivity index is 0. The average molecular weight is 883 g/mol. The quantitative estimate of drug-likeness (QED) is 0.0824. The lowest BCUT2D eigenvalue weighted by atomic mass is 10.3. The summed E-state index contributed by atoms with van der Waals surface area (Å²) < 4.78 is 0. The number of aliphatic carboxylic acids is 2. The number of anilines is 1. The minimum Gasteiger partial charge on any atom is -0.481 e. The number of benzene rings is 2. The van der Waals surface area contributed by atoms with Crippen LogP contribution in [0.2, 0.25) is 35.2 Å². The van der Waals surface area contributed by atoms with Gasteiger partial charge in [0, 0.05) is 35.8 Å². The lowest BCUT2D eigenvalue weighted by molar-refractivity contribution is -0.384. The molecule has 0 aliphatic rings. The summed E-state index contributed by atoms with van der Waals surface area (Å²) in [6, 6.07) is 4.72. The number of nitrogens with one attached hydrogen (secondary N) is 1. The molecule has 3 N–H and O–H groups in total. The summed E-state index contributed by atoms with van der Waals surface area (Å²) in [5.74, 6) is -1.48. The third kappa shape index (κ3) is 17.6. The van der Waals surface area contributed by atoms with Gasteiger partial charge in [-0.2, -0.15) is 0 Å². The van der Waals surface area contributed by atoms with Crippen molar-refractivity contribution < 1.29 is 29.5 Å². The predicted octanol–water partition coefficient (Wildman–Crippen LogP) is 10.3. The molecule has 2 aromatic carbocycles. The van der Waals surface area contributed by atoms with Crippen LogP contribution in [0.15, 0.2) is 18.2 Å². The maximum Gasteiger partial charge on any atom is 0.321 e. The van der Waals surface area contributed by atoms with Crippen molar-refractivity contribution in [3.63, 3.8) is 0 Å². The third-order valence-electron chi connectivity index (χ3n) is 3.83. The molecular weight excluding hydrogens is 862 g/mol. The fourth-order valence-corrected chi connectivity index (χ4v) is 3.98. The normalized spacial score (nSPS) is 10.4. The molecule has 0 radical (unpaired) electrons. The molecule has 0 aliphatic carbocycles. The average Bonchev–Trinajstić information content (AvgIpc) is 2.92. The smallest absolute Gasteiger partial charge is 0.321 e. The topological polar surface area (TPSA) is 150 Å². The van der Waals surface area contributed by atoms with Crippen LogP contribution in [0.3, 0.4) is 0 Å². The zero-order chi connectivity index (χ0) is 33.3. The van der Waals surface area contributed by atoms with Crippen LogP contribution >= 0.6 is 125 Å². The van der Waals surface area contributed by atoms with Crippen molar-refractivity contribution in [3.05, 3.63) is 63.5 Å². The Kier molecular flexibility index (Phi) is 23.6. The minimum atomic E-state index is -1.08. The zero-order valence-electron chi connectivity index (χ0n) is 21.2. The van der Waals surface area contributed by atoms with Crippen molar-refractivity contribution in [2.75, 3.05) is 30.6 Å². The first-order chi connectivity index (χ1) is 19.3. The highest BCUT2D eigenvalue weighted by Crippen LogP contribution is 2.47. The van der Waals surface area contributed by atoms with Gasteiger partial charge in [-0.3, -0.25) is 19.7 Å². The molecule has 0 spiro atoms. The van der Waals surface area contributed by atoms with Crippen molar-refractivity contribution in [2.45, 2.75) is 17.7 Å². The fraction of sp³-hybridized carbons (Fsp3) is 0.318. The number of alkyl halides is 3. The number of carbonyl (C=O) groups excluding carboxylic acids is 1. The molecule has 1 atom stereocenters. The van der Waals surface area contributed by atoms with E-state index in [2.05, 4.69) is 37.2 Å². The molecule has 236 valence electrons. The van der Waals surface area contributed by atoms with Gasteiger partial charge in [0.25, 0.3) is 0 Å². The van der Waals surface area contributed by atoms with E-state index in [-0.39, 0.29) is 44.0 Å². The summed E-state index contributed by atoms with van der Waals surface area (Å²) in [6.45, 7) is 0. The van der Waals surface area contributed by atoms with Gasteiger partial charge in [-0.25, -0.2) is 4.79 Å². The first-order valence-electron chi connectivity index (χ1n) is 10.6. The number of hydrogen-bond acceptors (Lipinski definition) is 5. The number of nitro groups is 1. The molecule has 1 unspecified atom stereocenters. The Morgan fingerprint density at radius 3 is 1.62 bits per heavy atom. The number of rotatable bonds is 7. The Morgan fingerprint density at radius 1 is 0.905 bits per heavy atom. The van der Waals surface area contributed by atoms with Crippen molar-refractivity contribution >= 4 is 154 Å². The van der Waals surface area contributed by atoms with Crippen LogP contribution in [0.1, 0.15) is 12.8 Å². The van der Waals surface area contributed by atoms with Gasteiger partial charge in [-0.05, 0) is 18.2 Å². The van der Waals surface area contributed by atoms with E-state index in [0.29, 0.717) is 26.4 Å². The highest BCUT2D eigenvalue weighted by atomic mass is 79.9. The van der Waals surface area contributed by atoms with E-state index in [1.165, 1.54) is 4.90 Å². The molecule has 0 heterocycles. The van der Waals surface area contributed by atoms with Crippen LogP contribution in [-0.2, 0) is 9.59 Å². The molecule has 2 aromatic rings. The van der Waals surface area contributed by atoms with Gasteiger partial charge in [0.15, 0.2) is 0 Å². The molecule has 10 nitrogen and oxygen atoms in total. The Bertz CT molecular complexity index is 1200. The summed E-state index contributed by atoms with van der Waals surface area (Å²) in [4.78, 5) is 42.1. The molecule has 2 rings (SSSR count). The minimum absolute atomic E-state index is 0.103. The van der Waals surface area contributed by atoms with Crippen LogP contribution in [0.4, 0.5) is 16.2 Å². The zero-order valence-corrected chi connectivity index (χ0v) is 30.5. The van der Waals surface area contributed by atoms with E-state index in [4.69, 9.17) is 103 Å². The fourth-order valence-electron chi connectivity index (χ4n) is 1.82. The Labute approximate surface area is 297 Å². The van der Waals surface area contributed by atoms with Gasteiger partial charge in [0.05, 0.1) is 42.9 Å². The number of carbonyl (C=O) groups is 3. The lowest BCUT2D eigenvalue weighted by Crippen LogP contribution is -2.27. The monoisotopic (exact) mass is 877 g/mol. The number of urea groups is 1. The molecule has 0 saturated carbocycles. The molecule has 0 bridgehead atoms. The van der Waals surface area contributed by atoms with Gasteiger partial charge in [-0.1, -0.05) is 113 Å². The largest absolute Gasteiger partial charge is 0.481 e. The Morgan fingerprint density at radius 2 is 1.33 bits per heavy atom. The van der Waals surface area contributed by atoms with Crippen molar-refractivity contribution in [3.8, 4) is 0 Å². The molecular formula is C22H21Br2Cl8N3O7. The van der Waals surface area contributed by atoms with Gasteiger partial charge in [0.2, 0.25) is 0 Å². The summed E-state index contributed by atoms with van der Waals surface area (Å²) in [7, 11) is 3.32. The Hall–Kier alpha value is -0.670. The van der Waals surface area contributed by atoms with Crippen LogP contribution in [0.25, 0.3) is 0 Å². The van der Waals surface area contributed by atoms with E-state index in [1.54, 1.807) is 32.3 Å². The standard InChI is InChI=1S/C9H10Cl2N2O.C6Cl5NO2.C4H6O4.C3H5Br2Cl/c1-13(2)9(14)12-6-3-4-7(10)8(11)5-6;7-1-2(8)4(10)6(12(13)14)5(11)3(1)9;5-3(6)1-2-4(7)8;4-1-3(5)2-6/h3-5H,1-2H3,(H,12,14);;1-2H2,(H,5,6)(H,7,8);3H,1-2H2. The second-order valence-electron chi connectivity index (χ2n) is 7.32. The second-order valence-corrected chi connectivity index (χ2v) is 12.3. The highest BCUT2D eigenvalue weighted by molar-refractivity contribution is 9.12. The predicted molar refractivity (Wildman–Crippen MR) is 179 cm³/mol. The van der Waals surface area contributed by atoms with Crippen LogP contribution in [-0.4, -0.2) is 68.1 Å². The number of amides is 2. The molecule has 0 fully saturated rings. The van der Waals surface area contributed by atoms with E-state index in [9.17, 15) is 24.5 Å². The second kappa shape index (κ2) is 22.8. The summed E-state index contributed by atoms with van der Waals surface area (Å²) in [6.07, 6.45) is -0.593. The lowest BCUT2D eigenvalue weighted by Gasteiger charge is -2.12. The number of nitro benzene ring substituents is 1. The number of carboxylic acids is 2. The van der Waals surface area contributed by atoms with Crippen molar-refractivity contribution in [1.29, 1.82) is 0 Å². The first-order valence-corrected chi connectivity index (χ1v) is 15.8. The highest BCUT2D eigenvalue weighted by Gasteiger charge is 2.27. The number of carboxylic acid groups (broad SMARTS) is 2. The van der Waals surface area contributed by atoms with Crippen LogP contribution in [0.5, 0.6) is 0 Å². The summed E-state index contributed by atoms with van der Waals surface area (Å²) in [5.41, 5.74) is 0.0748. The van der Waals surface area contributed by atoms with E-state index < -0.39 is 22.5 Å². The van der Waals surface area contributed by atoms with E-state index in [1.807, 2.05) is 0 Å². The molecule has 0 aromatic heterocycles. The van der Waals surface area contributed by atoms with Crippen molar-refractivity contribution in [1.82, 2.24) is 4.90 Å². The van der Waals surface area contributed by atoms with E-state index in [0.717, 1.165) is 5.33 Å². The summed E-state index contributed by atoms with van der Waals surface area (Å²) >= 11 is 51.4. The van der Waals surface area contributed by atoms with Crippen LogP contribution in [0, 0.1) is 10.1 Å². The number of hydrogen-bond donors (Lipinski definition) is 3. The summed E-state index contributed by atoms with van der Waals surface area (Å²) in [5, 5.41) is 29.7. The van der Waals surface area contributed by atoms with Gasteiger partial charge < -0.3 is 20.4 Å². The van der Waals surface area contributed by atoms with Gasteiger partial charge in [-0.15, -0.1) is 11.6 Å². The molecule has 42 heavy (non-hydrogen) atoms. The van der Waals surface area contributed by atoms with E-state index >= 15 is 0 Å². The maximum absolute atomic E-state index is 11.2. The number of halogens is 10. The first kappa shape index (κ1) is 43.5. The molecule has 0 saturated heterocycles. The maximum atomic E-state index is 11.2. The van der Waals surface area contributed by atoms with Gasteiger partial charge >= 0.3 is 23.7 Å². The molecule has 2 amide bonds. The molecule has 0 aliphatic heterocycles. The van der Waals surface area contributed by atoms with Crippen LogP contribution < -0.4 is 5.32 Å². The molecule has 20 heteroatoms. The SMILES string of the molecule is CN(C)C(=O)Nc1ccc(Cl)c(Cl)c1.ClCC(Br)CBr.O=C(O)CCC(=O)O.O=[N+]([O-])c1c(Cl)c(Cl)c(Cl)c(Cl)c1Cl. The van der Waals surface area contributed by atoms with Gasteiger partial charge in [0.1, 0.15) is 10.0 Å². The van der Waals surface area contributed by atoms with Crippen molar-refractivity contribution in [2.24, 2.45) is 0 Å². The third-order valence-corrected chi connectivity index (χ3v) is 9.87. The number of nitrogens with zero attached hydrogens (tertiary/aromatic N) is 2.